The Morgan fingerprint density at radius 2 is 1.63 bits per heavy atom. The molecule has 1 saturated carbocycles. The zero-order chi connectivity index (χ0) is 13.8. The standard InChI is InChI=1S/C17H34N2/c1-5-15-6-8-16(9-7-15)12-19-11-10-17(18-4)13(2)14(19)3/h13-18H,5-12H2,1-4H3. The number of piperidine rings is 1. The molecule has 0 aromatic heterocycles. The van der Waals surface area contributed by atoms with E-state index >= 15 is 0 Å². The Hall–Kier alpha value is -0.0800. The Bertz CT molecular complexity index is 258. The van der Waals surface area contributed by atoms with Gasteiger partial charge in [-0.25, -0.2) is 0 Å². The smallest absolute Gasteiger partial charge is 0.0117 e. The molecule has 0 spiro atoms. The molecule has 0 bridgehead atoms. The largest absolute Gasteiger partial charge is 0.317 e. The average Bonchev–Trinajstić information content (AvgIpc) is 2.45. The van der Waals surface area contributed by atoms with E-state index < -0.39 is 0 Å². The Labute approximate surface area is 120 Å². The predicted molar refractivity (Wildman–Crippen MR) is 83.4 cm³/mol. The average molecular weight is 266 g/mol. The summed E-state index contributed by atoms with van der Waals surface area (Å²) in [6.45, 7) is 9.87. The van der Waals surface area contributed by atoms with E-state index in [0.717, 1.165) is 29.8 Å². The van der Waals surface area contributed by atoms with Gasteiger partial charge in [0.2, 0.25) is 0 Å². The van der Waals surface area contributed by atoms with Crippen molar-refractivity contribution in [1.82, 2.24) is 10.2 Å². The first kappa shape index (κ1) is 15.3. The van der Waals surface area contributed by atoms with E-state index in [-0.39, 0.29) is 0 Å². The first-order valence-electron chi connectivity index (χ1n) is 8.57. The minimum atomic E-state index is 0.724. The summed E-state index contributed by atoms with van der Waals surface area (Å²) in [5.41, 5.74) is 0. The maximum absolute atomic E-state index is 3.50. The van der Waals surface area contributed by atoms with E-state index in [1.807, 2.05) is 0 Å². The molecule has 1 N–H and O–H groups in total. The molecule has 2 aliphatic rings. The predicted octanol–water partition coefficient (Wildman–Crippen LogP) is 3.52. The Morgan fingerprint density at radius 3 is 2.21 bits per heavy atom. The Morgan fingerprint density at radius 1 is 1.00 bits per heavy atom. The molecule has 3 unspecified atom stereocenters. The van der Waals surface area contributed by atoms with Gasteiger partial charge in [-0.1, -0.05) is 33.1 Å². The zero-order valence-electron chi connectivity index (χ0n) is 13.5. The fraction of sp³-hybridized carbons (Fsp3) is 1.00. The molecule has 19 heavy (non-hydrogen) atoms. The molecule has 0 aromatic rings. The van der Waals surface area contributed by atoms with Crippen LogP contribution in [0.25, 0.3) is 0 Å². The van der Waals surface area contributed by atoms with Crippen molar-refractivity contribution in [3.8, 4) is 0 Å². The lowest BCUT2D eigenvalue weighted by molar-refractivity contribution is 0.0624. The summed E-state index contributed by atoms with van der Waals surface area (Å²) in [5.74, 6) is 2.79. The number of rotatable bonds is 4. The summed E-state index contributed by atoms with van der Waals surface area (Å²) >= 11 is 0. The van der Waals surface area contributed by atoms with Gasteiger partial charge in [0, 0.05) is 18.6 Å². The van der Waals surface area contributed by atoms with Crippen LogP contribution in [0, 0.1) is 17.8 Å². The lowest BCUT2D eigenvalue weighted by Crippen LogP contribution is -2.53. The summed E-state index contributed by atoms with van der Waals surface area (Å²) in [4.78, 5) is 2.77. The van der Waals surface area contributed by atoms with Gasteiger partial charge in [-0.3, -0.25) is 0 Å². The molecule has 1 aliphatic heterocycles. The Balaban J connectivity index is 1.80. The summed E-state index contributed by atoms with van der Waals surface area (Å²) in [6.07, 6.45) is 8.65. The lowest BCUT2D eigenvalue weighted by Gasteiger charge is -2.44. The second-order valence-corrected chi connectivity index (χ2v) is 7.07. The van der Waals surface area contributed by atoms with Crippen LogP contribution in [0.5, 0.6) is 0 Å². The molecule has 112 valence electrons. The third kappa shape index (κ3) is 3.72. The molecule has 1 saturated heterocycles. The highest BCUT2D eigenvalue weighted by atomic mass is 15.2. The maximum Gasteiger partial charge on any atom is 0.0117 e. The van der Waals surface area contributed by atoms with Crippen LogP contribution < -0.4 is 5.32 Å². The molecule has 1 heterocycles. The van der Waals surface area contributed by atoms with Crippen molar-refractivity contribution in [2.75, 3.05) is 20.1 Å². The third-order valence-corrected chi connectivity index (χ3v) is 6.11. The van der Waals surface area contributed by atoms with Crippen molar-refractivity contribution in [2.24, 2.45) is 17.8 Å². The van der Waals surface area contributed by atoms with Crippen LogP contribution >= 0.6 is 0 Å². The highest BCUT2D eigenvalue weighted by Gasteiger charge is 2.33. The number of likely N-dealkylation sites (tertiary alicyclic amines) is 1. The molecular weight excluding hydrogens is 232 g/mol. The van der Waals surface area contributed by atoms with Crippen LogP contribution in [-0.4, -0.2) is 37.1 Å². The van der Waals surface area contributed by atoms with Crippen molar-refractivity contribution in [1.29, 1.82) is 0 Å². The minimum absolute atomic E-state index is 0.724. The van der Waals surface area contributed by atoms with E-state index in [9.17, 15) is 0 Å². The van der Waals surface area contributed by atoms with Gasteiger partial charge >= 0.3 is 0 Å². The molecule has 2 fully saturated rings. The summed E-state index contributed by atoms with van der Waals surface area (Å²) in [5, 5.41) is 3.50. The van der Waals surface area contributed by atoms with E-state index in [2.05, 4.69) is 38.0 Å². The molecule has 1 aliphatic carbocycles. The van der Waals surface area contributed by atoms with Crippen molar-refractivity contribution in [2.45, 2.75) is 71.4 Å². The van der Waals surface area contributed by atoms with E-state index in [4.69, 9.17) is 0 Å². The highest BCUT2D eigenvalue weighted by molar-refractivity contribution is 4.89. The first-order chi connectivity index (χ1) is 9.15. The summed E-state index contributed by atoms with van der Waals surface area (Å²) in [6, 6.07) is 1.47. The van der Waals surface area contributed by atoms with E-state index in [1.54, 1.807) is 0 Å². The first-order valence-corrected chi connectivity index (χ1v) is 8.57. The SMILES string of the molecule is CCC1CCC(CN2CCC(NC)C(C)C2C)CC1. The van der Waals surface area contributed by atoms with Crippen molar-refractivity contribution in [3.63, 3.8) is 0 Å². The maximum atomic E-state index is 3.50. The fourth-order valence-electron chi connectivity index (χ4n) is 4.26. The normalized spacial score (nSPS) is 41.4. The second kappa shape index (κ2) is 7.08. The van der Waals surface area contributed by atoms with Gasteiger partial charge in [0.15, 0.2) is 0 Å². The van der Waals surface area contributed by atoms with Crippen LogP contribution in [-0.2, 0) is 0 Å². The van der Waals surface area contributed by atoms with Gasteiger partial charge in [-0.2, -0.15) is 0 Å². The molecule has 2 heteroatoms. The zero-order valence-corrected chi connectivity index (χ0v) is 13.5. The van der Waals surface area contributed by atoms with E-state index in [0.29, 0.717) is 0 Å². The van der Waals surface area contributed by atoms with Crippen LogP contribution in [0.15, 0.2) is 0 Å². The van der Waals surface area contributed by atoms with Crippen LogP contribution in [0.1, 0.15) is 59.3 Å². The van der Waals surface area contributed by atoms with Crippen molar-refractivity contribution in [3.05, 3.63) is 0 Å². The lowest BCUT2D eigenvalue weighted by atomic mass is 9.79. The topological polar surface area (TPSA) is 15.3 Å². The van der Waals surface area contributed by atoms with Gasteiger partial charge in [0.05, 0.1) is 0 Å². The Kier molecular flexibility index (Phi) is 5.70. The van der Waals surface area contributed by atoms with Crippen molar-refractivity contribution < 1.29 is 0 Å². The summed E-state index contributed by atoms with van der Waals surface area (Å²) in [7, 11) is 2.12. The minimum Gasteiger partial charge on any atom is -0.317 e. The van der Waals surface area contributed by atoms with E-state index in [1.165, 1.54) is 51.6 Å². The number of nitrogens with one attached hydrogen (secondary N) is 1. The number of hydrogen-bond donors (Lipinski definition) is 1. The monoisotopic (exact) mass is 266 g/mol. The van der Waals surface area contributed by atoms with Gasteiger partial charge < -0.3 is 10.2 Å². The van der Waals surface area contributed by atoms with Crippen LogP contribution in [0.4, 0.5) is 0 Å². The fourth-order valence-corrected chi connectivity index (χ4v) is 4.26. The molecule has 2 rings (SSSR count). The molecular formula is C17H34N2. The van der Waals surface area contributed by atoms with Gasteiger partial charge in [0.1, 0.15) is 0 Å². The molecule has 0 aromatic carbocycles. The number of nitrogens with zero attached hydrogens (tertiary/aromatic N) is 1. The third-order valence-electron chi connectivity index (χ3n) is 6.11. The molecule has 2 nitrogen and oxygen atoms in total. The second-order valence-electron chi connectivity index (χ2n) is 7.07. The van der Waals surface area contributed by atoms with Gasteiger partial charge in [-0.05, 0) is 57.5 Å². The van der Waals surface area contributed by atoms with Crippen molar-refractivity contribution >= 4 is 0 Å². The molecule has 0 radical (unpaired) electrons. The van der Waals surface area contributed by atoms with Crippen LogP contribution in [0.3, 0.4) is 0 Å². The molecule has 3 atom stereocenters. The quantitative estimate of drug-likeness (QED) is 0.837. The van der Waals surface area contributed by atoms with Gasteiger partial charge in [0.25, 0.3) is 0 Å². The van der Waals surface area contributed by atoms with Gasteiger partial charge in [-0.15, -0.1) is 0 Å². The van der Waals surface area contributed by atoms with Crippen LogP contribution in [0.2, 0.25) is 0 Å². The summed E-state index contributed by atoms with van der Waals surface area (Å²) < 4.78 is 0. The number of hydrogen-bond acceptors (Lipinski definition) is 2. The molecule has 0 amide bonds. The highest BCUT2D eigenvalue weighted by Crippen LogP contribution is 2.33.